The second kappa shape index (κ2) is 6.84. The molecular formula is C16H11N3O6S. The molecule has 1 heterocycles. The van der Waals surface area contributed by atoms with Gasteiger partial charge in [0.2, 0.25) is 11.7 Å². The number of hydrogen-bond donors (Lipinski definition) is 2. The zero-order valence-electron chi connectivity index (χ0n) is 13.0. The number of nitro groups is 1. The Bertz CT molecular complexity index is 974. The van der Waals surface area contributed by atoms with Crippen LogP contribution in [0.3, 0.4) is 0 Å². The van der Waals surface area contributed by atoms with Crippen LogP contribution < -0.4 is 10.6 Å². The summed E-state index contributed by atoms with van der Waals surface area (Å²) in [6.07, 6.45) is 0. The van der Waals surface area contributed by atoms with Gasteiger partial charge >= 0.3 is 0 Å². The zero-order valence-corrected chi connectivity index (χ0v) is 13.8. The molecule has 0 bridgehead atoms. The third-order valence-electron chi connectivity index (χ3n) is 3.62. The van der Waals surface area contributed by atoms with Crippen LogP contribution in [0.4, 0.5) is 17.1 Å². The highest BCUT2D eigenvalue weighted by Gasteiger charge is 2.41. The fraction of sp³-hybridized carbons (Fsp3) is 0.0625. The van der Waals surface area contributed by atoms with Crippen LogP contribution in [-0.4, -0.2) is 32.0 Å². The highest BCUT2D eigenvalue weighted by Crippen LogP contribution is 2.28. The molecule has 132 valence electrons. The number of amides is 2. The van der Waals surface area contributed by atoms with Crippen LogP contribution >= 0.6 is 0 Å². The Morgan fingerprint density at radius 1 is 1.12 bits per heavy atom. The van der Waals surface area contributed by atoms with E-state index in [2.05, 4.69) is 10.6 Å². The number of Topliss-reactive ketones (excluding diaryl/α,β-unsaturated/α-hetero) is 1. The maximum absolute atomic E-state index is 12.5. The molecule has 2 aromatic rings. The summed E-state index contributed by atoms with van der Waals surface area (Å²) in [5.74, 6) is -3.37. The summed E-state index contributed by atoms with van der Waals surface area (Å²) in [6, 6.07) is 11.5. The zero-order chi connectivity index (χ0) is 18.8. The second-order valence-corrected chi connectivity index (χ2v) is 6.76. The first-order valence-corrected chi connectivity index (χ1v) is 8.50. The summed E-state index contributed by atoms with van der Waals surface area (Å²) in [6.45, 7) is 0. The van der Waals surface area contributed by atoms with Gasteiger partial charge in [-0.1, -0.05) is 24.3 Å². The summed E-state index contributed by atoms with van der Waals surface area (Å²) in [5.41, 5.74) is -0.301. The summed E-state index contributed by atoms with van der Waals surface area (Å²) in [5, 5.41) is 13.8. The van der Waals surface area contributed by atoms with Crippen molar-refractivity contribution in [3.63, 3.8) is 0 Å². The lowest BCUT2D eigenvalue weighted by Crippen LogP contribution is -2.46. The standard InChI is InChI=1S/C16H11N3O6S/c20-13(15(21)17-9-5-1-3-7-11(9)19(23)24)14-16(22)18-10-6-2-4-8-12(10)26(14)25/h1-8,14H,(H,17,21)(H,18,22)/t14-,26-/m1/s1. The van der Waals surface area contributed by atoms with Gasteiger partial charge in [0, 0.05) is 6.07 Å². The van der Waals surface area contributed by atoms with Gasteiger partial charge in [0.05, 0.1) is 26.3 Å². The summed E-state index contributed by atoms with van der Waals surface area (Å²) in [4.78, 5) is 47.2. The Balaban J connectivity index is 1.86. The average molecular weight is 373 g/mol. The molecule has 2 aromatic carbocycles. The van der Waals surface area contributed by atoms with Gasteiger partial charge in [-0.3, -0.25) is 28.7 Å². The lowest BCUT2D eigenvalue weighted by atomic mass is 10.2. The molecule has 0 radical (unpaired) electrons. The maximum Gasteiger partial charge on any atom is 0.293 e. The lowest BCUT2D eigenvalue weighted by molar-refractivity contribution is -0.383. The smallest absolute Gasteiger partial charge is 0.293 e. The largest absolute Gasteiger partial charge is 0.324 e. The van der Waals surface area contributed by atoms with Crippen LogP contribution in [0, 0.1) is 10.1 Å². The molecule has 0 unspecified atom stereocenters. The van der Waals surface area contributed by atoms with Crippen molar-refractivity contribution in [1.29, 1.82) is 0 Å². The maximum atomic E-state index is 12.5. The number of carbonyl (C=O) groups excluding carboxylic acids is 3. The van der Waals surface area contributed by atoms with Gasteiger partial charge in [0.25, 0.3) is 11.6 Å². The molecule has 0 aromatic heterocycles. The molecular weight excluding hydrogens is 362 g/mol. The van der Waals surface area contributed by atoms with Crippen molar-refractivity contribution in [3.05, 3.63) is 58.6 Å². The van der Waals surface area contributed by atoms with Crippen LogP contribution in [0.1, 0.15) is 0 Å². The summed E-state index contributed by atoms with van der Waals surface area (Å²) in [7, 11) is -2.06. The Hall–Kier alpha value is -3.40. The third kappa shape index (κ3) is 3.09. The highest BCUT2D eigenvalue weighted by molar-refractivity contribution is 7.87. The van der Waals surface area contributed by atoms with Crippen molar-refractivity contribution in [2.45, 2.75) is 10.1 Å². The predicted octanol–water partition coefficient (Wildman–Crippen LogP) is 1.23. The molecule has 0 saturated heterocycles. The van der Waals surface area contributed by atoms with Crippen LogP contribution in [0.5, 0.6) is 0 Å². The molecule has 2 amide bonds. The molecule has 0 fully saturated rings. The van der Waals surface area contributed by atoms with E-state index in [1.807, 2.05) is 0 Å². The monoisotopic (exact) mass is 373 g/mol. The summed E-state index contributed by atoms with van der Waals surface area (Å²) < 4.78 is 12.5. The molecule has 10 heteroatoms. The average Bonchev–Trinajstić information content (AvgIpc) is 2.61. The molecule has 9 nitrogen and oxygen atoms in total. The fourth-order valence-corrected chi connectivity index (χ4v) is 3.78. The number of rotatable bonds is 4. The number of nitrogens with zero attached hydrogens (tertiary/aromatic N) is 1. The number of fused-ring (bicyclic) bond motifs is 1. The van der Waals surface area contributed by atoms with E-state index in [4.69, 9.17) is 0 Å². The van der Waals surface area contributed by atoms with E-state index < -0.39 is 44.3 Å². The topological polar surface area (TPSA) is 135 Å². The number of benzene rings is 2. The van der Waals surface area contributed by atoms with Gasteiger partial charge in [-0.25, -0.2) is 0 Å². The van der Waals surface area contributed by atoms with Crippen LogP contribution in [0.2, 0.25) is 0 Å². The number of nitro benzene ring substituents is 1. The SMILES string of the molecule is O=C(Nc1ccccc1[N+](=O)[O-])C(=O)[C@@H]1C(=O)Nc2ccccc2[S@]1=O. The first-order chi connectivity index (χ1) is 12.4. The fourth-order valence-electron chi connectivity index (χ4n) is 2.43. The van der Waals surface area contributed by atoms with E-state index in [0.29, 0.717) is 5.69 Å². The number of nitrogens with one attached hydrogen (secondary N) is 2. The van der Waals surface area contributed by atoms with Gasteiger partial charge in [0.15, 0.2) is 5.25 Å². The molecule has 2 atom stereocenters. The highest BCUT2D eigenvalue weighted by atomic mass is 32.2. The first kappa shape index (κ1) is 17.4. The number of carbonyl (C=O) groups is 3. The Morgan fingerprint density at radius 2 is 1.77 bits per heavy atom. The minimum absolute atomic E-state index is 0.196. The molecule has 0 aliphatic carbocycles. The Labute approximate surface area is 149 Å². The van der Waals surface area contributed by atoms with Gasteiger partial charge in [0.1, 0.15) is 5.69 Å². The number of hydrogen-bond acceptors (Lipinski definition) is 6. The van der Waals surface area contributed by atoms with Crippen molar-refractivity contribution in [1.82, 2.24) is 0 Å². The van der Waals surface area contributed by atoms with Gasteiger partial charge in [-0.2, -0.15) is 0 Å². The summed E-state index contributed by atoms with van der Waals surface area (Å²) >= 11 is 0. The van der Waals surface area contributed by atoms with E-state index in [0.717, 1.165) is 6.07 Å². The van der Waals surface area contributed by atoms with Crippen LogP contribution in [0.25, 0.3) is 0 Å². The molecule has 1 aliphatic heterocycles. The predicted molar refractivity (Wildman–Crippen MR) is 92.0 cm³/mol. The molecule has 0 spiro atoms. The molecule has 0 saturated carbocycles. The van der Waals surface area contributed by atoms with E-state index in [1.54, 1.807) is 12.1 Å². The van der Waals surface area contributed by atoms with Gasteiger partial charge < -0.3 is 10.6 Å². The van der Waals surface area contributed by atoms with E-state index in [9.17, 15) is 28.7 Å². The lowest BCUT2D eigenvalue weighted by Gasteiger charge is -2.22. The molecule has 26 heavy (non-hydrogen) atoms. The number of anilines is 2. The minimum atomic E-state index is -2.06. The number of ketones is 1. The van der Waals surface area contributed by atoms with Crippen molar-refractivity contribution in [2.24, 2.45) is 0 Å². The molecule has 2 N–H and O–H groups in total. The van der Waals surface area contributed by atoms with Crippen molar-refractivity contribution in [2.75, 3.05) is 10.6 Å². The van der Waals surface area contributed by atoms with Gasteiger partial charge in [-0.05, 0) is 18.2 Å². The van der Waals surface area contributed by atoms with Crippen molar-refractivity contribution in [3.8, 4) is 0 Å². The first-order valence-electron chi connectivity index (χ1n) is 7.29. The Morgan fingerprint density at radius 3 is 2.50 bits per heavy atom. The molecule has 3 rings (SSSR count). The Kier molecular flexibility index (Phi) is 4.59. The van der Waals surface area contributed by atoms with Crippen LogP contribution in [-0.2, 0) is 25.2 Å². The van der Waals surface area contributed by atoms with E-state index >= 15 is 0 Å². The quantitative estimate of drug-likeness (QED) is 0.358. The van der Waals surface area contributed by atoms with E-state index in [1.165, 1.54) is 30.3 Å². The van der Waals surface area contributed by atoms with Crippen molar-refractivity contribution < 1.29 is 23.5 Å². The second-order valence-electron chi connectivity index (χ2n) is 5.26. The van der Waals surface area contributed by atoms with Gasteiger partial charge in [-0.15, -0.1) is 0 Å². The third-order valence-corrected chi connectivity index (χ3v) is 5.27. The molecule has 1 aliphatic rings. The van der Waals surface area contributed by atoms with E-state index in [-0.39, 0.29) is 10.6 Å². The van der Waals surface area contributed by atoms with Crippen LogP contribution in [0.15, 0.2) is 53.4 Å². The normalized spacial score (nSPS) is 18.4. The van der Waals surface area contributed by atoms with Crippen molar-refractivity contribution >= 4 is 45.5 Å². The minimum Gasteiger partial charge on any atom is -0.324 e. The number of para-hydroxylation sites is 3.